The molecular weight excluding hydrogens is 268 g/mol. The van der Waals surface area contributed by atoms with E-state index in [1.807, 2.05) is 37.3 Å². The molecule has 2 aromatic rings. The second-order valence-electron chi connectivity index (χ2n) is 4.55. The van der Waals surface area contributed by atoms with Crippen molar-refractivity contribution in [1.82, 2.24) is 15.3 Å². The van der Waals surface area contributed by atoms with E-state index in [-0.39, 0.29) is 18.0 Å². The highest BCUT2D eigenvalue weighted by Crippen LogP contribution is 1.99. The number of aryl methyl sites for hydroxylation is 1. The zero-order valence-electron chi connectivity index (χ0n) is 11.8. The van der Waals surface area contributed by atoms with Gasteiger partial charge in [0.05, 0.1) is 6.54 Å². The van der Waals surface area contributed by atoms with Gasteiger partial charge < -0.3 is 15.6 Å². The molecule has 0 bridgehead atoms. The Kier molecular flexibility index (Phi) is 5.09. The van der Waals surface area contributed by atoms with Gasteiger partial charge in [-0.05, 0) is 5.56 Å². The molecule has 6 heteroatoms. The first-order valence-corrected chi connectivity index (χ1v) is 6.82. The van der Waals surface area contributed by atoms with E-state index in [0.29, 0.717) is 24.6 Å². The van der Waals surface area contributed by atoms with Gasteiger partial charge in [0.1, 0.15) is 11.6 Å². The zero-order valence-corrected chi connectivity index (χ0v) is 11.8. The summed E-state index contributed by atoms with van der Waals surface area (Å²) >= 11 is 0. The first kappa shape index (κ1) is 14.8. The molecule has 0 aliphatic carbocycles. The van der Waals surface area contributed by atoms with Gasteiger partial charge in [-0.25, -0.2) is 4.98 Å². The van der Waals surface area contributed by atoms with Crippen LogP contribution in [-0.2, 0) is 17.8 Å². The summed E-state index contributed by atoms with van der Waals surface area (Å²) in [4.78, 5) is 30.0. The number of aromatic amines is 1. The summed E-state index contributed by atoms with van der Waals surface area (Å²) in [5.41, 5.74) is 0.808. The van der Waals surface area contributed by atoms with Crippen molar-refractivity contribution in [3.63, 3.8) is 0 Å². The van der Waals surface area contributed by atoms with Crippen molar-refractivity contribution in [1.29, 1.82) is 0 Å². The lowest BCUT2D eigenvalue weighted by atomic mass is 10.2. The standard InChI is InChI=1S/C15H18N4O2/c1-2-12-18-13(8-14(20)19-12)16-10-15(21)17-9-11-6-4-3-5-7-11/h3-8H,2,9-10H2,1H3,(H,17,21)(H2,16,18,19,20). The fourth-order valence-electron chi connectivity index (χ4n) is 1.80. The molecule has 2 rings (SSSR count). The maximum Gasteiger partial charge on any atom is 0.252 e. The van der Waals surface area contributed by atoms with Crippen LogP contribution in [0.15, 0.2) is 41.2 Å². The van der Waals surface area contributed by atoms with Crippen LogP contribution in [0.4, 0.5) is 5.82 Å². The molecule has 0 aliphatic heterocycles. The average Bonchev–Trinajstić information content (AvgIpc) is 2.51. The number of hydrogen-bond acceptors (Lipinski definition) is 4. The van der Waals surface area contributed by atoms with Gasteiger partial charge >= 0.3 is 0 Å². The first-order chi connectivity index (χ1) is 10.2. The third-order valence-corrected chi connectivity index (χ3v) is 2.89. The summed E-state index contributed by atoms with van der Waals surface area (Å²) in [7, 11) is 0. The van der Waals surface area contributed by atoms with Crippen LogP contribution in [0.3, 0.4) is 0 Å². The van der Waals surface area contributed by atoms with Gasteiger partial charge in [0.2, 0.25) is 5.91 Å². The van der Waals surface area contributed by atoms with Gasteiger partial charge in [-0.2, -0.15) is 0 Å². The van der Waals surface area contributed by atoms with Crippen LogP contribution < -0.4 is 16.2 Å². The molecule has 0 fully saturated rings. The van der Waals surface area contributed by atoms with Crippen molar-refractivity contribution in [2.45, 2.75) is 19.9 Å². The van der Waals surface area contributed by atoms with E-state index < -0.39 is 0 Å². The molecule has 0 spiro atoms. The van der Waals surface area contributed by atoms with Crippen LogP contribution in [0.5, 0.6) is 0 Å². The summed E-state index contributed by atoms with van der Waals surface area (Å²) in [5, 5.41) is 5.65. The molecule has 0 atom stereocenters. The minimum atomic E-state index is -0.228. The molecule has 1 aromatic heterocycles. The third-order valence-electron chi connectivity index (χ3n) is 2.89. The van der Waals surface area contributed by atoms with Crippen LogP contribution in [0, 0.1) is 0 Å². The number of carbonyl (C=O) groups is 1. The molecule has 0 unspecified atom stereocenters. The molecule has 110 valence electrons. The van der Waals surface area contributed by atoms with Crippen molar-refractivity contribution in [2.75, 3.05) is 11.9 Å². The normalized spacial score (nSPS) is 10.1. The van der Waals surface area contributed by atoms with E-state index in [0.717, 1.165) is 5.56 Å². The molecular formula is C15H18N4O2. The number of carbonyl (C=O) groups excluding carboxylic acids is 1. The Hall–Kier alpha value is -2.63. The first-order valence-electron chi connectivity index (χ1n) is 6.82. The van der Waals surface area contributed by atoms with E-state index in [9.17, 15) is 9.59 Å². The van der Waals surface area contributed by atoms with Gasteiger partial charge in [-0.15, -0.1) is 0 Å². The number of anilines is 1. The summed E-state index contributed by atoms with van der Waals surface area (Å²) in [5.74, 6) is 0.846. The number of aromatic nitrogens is 2. The molecule has 1 heterocycles. The van der Waals surface area contributed by atoms with E-state index in [1.165, 1.54) is 6.07 Å². The van der Waals surface area contributed by atoms with Gasteiger partial charge in [0, 0.05) is 19.0 Å². The van der Waals surface area contributed by atoms with E-state index >= 15 is 0 Å². The van der Waals surface area contributed by atoms with Crippen LogP contribution in [-0.4, -0.2) is 22.4 Å². The molecule has 21 heavy (non-hydrogen) atoms. The Bertz CT molecular complexity index is 652. The fourth-order valence-corrected chi connectivity index (χ4v) is 1.80. The lowest BCUT2D eigenvalue weighted by Gasteiger charge is -2.08. The number of amides is 1. The molecule has 1 aromatic carbocycles. The van der Waals surface area contributed by atoms with Crippen molar-refractivity contribution >= 4 is 11.7 Å². The van der Waals surface area contributed by atoms with Crippen molar-refractivity contribution in [3.8, 4) is 0 Å². The molecule has 0 aliphatic rings. The average molecular weight is 286 g/mol. The van der Waals surface area contributed by atoms with Crippen LogP contribution >= 0.6 is 0 Å². The van der Waals surface area contributed by atoms with Crippen molar-refractivity contribution in [3.05, 3.63) is 58.1 Å². The number of nitrogens with one attached hydrogen (secondary N) is 3. The number of hydrogen-bond donors (Lipinski definition) is 3. The number of benzene rings is 1. The second kappa shape index (κ2) is 7.23. The van der Waals surface area contributed by atoms with Crippen LogP contribution in [0.1, 0.15) is 18.3 Å². The molecule has 1 amide bonds. The minimum absolute atomic E-state index is 0.0758. The quantitative estimate of drug-likeness (QED) is 0.741. The summed E-state index contributed by atoms with van der Waals surface area (Å²) in [6.45, 7) is 2.45. The van der Waals surface area contributed by atoms with Gasteiger partial charge in [-0.1, -0.05) is 37.3 Å². The maximum absolute atomic E-state index is 11.7. The predicted molar refractivity (Wildman–Crippen MR) is 81.0 cm³/mol. The molecule has 0 saturated heterocycles. The fraction of sp³-hybridized carbons (Fsp3) is 0.267. The van der Waals surface area contributed by atoms with Crippen molar-refractivity contribution in [2.24, 2.45) is 0 Å². The topological polar surface area (TPSA) is 86.9 Å². The van der Waals surface area contributed by atoms with Crippen LogP contribution in [0.25, 0.3) is 0 Å². The Morgan fingerprint density at radius 2 is 2.05 bits per heavy atom. The predicted octanol–water partition coefficient (Wildman–Crippen LogP) is 1.06. The highest BCUT2D eigenvalue weighted by Gasteiger charge is 2.03. The lowest BCUT2D eigenvalue weighted by Crippen LogP contribution is -2.30. The highest BCUT2D eigenvalue weighted by molar-refractivity contribution is 5.80. The summed E-state index contributed by atoms with van der Waals surface area (Å²) in [6.07, 6.45) is 0.630. The summed E-state index contributed by atoms with van der Waals surface area (Å²) in [6, 6.07) is 11.0. The molecule has 0 saturated carbocycles. The van der Waals surface area contributed by atoms with Gasteiger partial charge in [-0.3, -0.25) is 9.59 Å². The monoisotopic (exact) mass is 286 g/mol. The van der Waals surface area contributed by atoms with Gasteiger partial charge in [0.15, 0.2) is 0 Å². The molecule has 3 N–H and O–H groups in total. The third kappa shape index (κ3) is 4.76. The maximum atomic E-state index is 11.7. The number of H-pyrrole nitrogens is 1. The Balaban J connectivity index is 1.84. The van der Waals surface area contributed by atoms with E-state index in [1.54, 1.807) is 0 Å². The number of nitrogens with zero attached hydrogens (tertiary/aromatic N) is 1. The van der Waals surface area contributed by atoms with E-state index in [2.05, 4.69) is 20.6 Å². The largest absolute Gasteiger partial charge is 0.361 e. The second-order valence-corrected chi connectivity index (χ2v) is 4.55. The summed E-state index contributed by atoms with van der Waals surface area (Å²) < 4.78 is 0. The zero-order chi connectivity index (χ0) is 15.1. The Labute approximate surface area is 122 Å². The SMILES string of the molecule is CCc1nc(NCC(=O)NCc2ccccc2)cc(=O)[nH]1. The van der Waals surface area contributed by atoms with Gasteiger partial charge in [0.25, 0.3) is 5.56 Å². The molecule has 0 radical (unpaired) electrons. The smallest absolute Gasteiger partial charge is 0.252 e. The Morgan fingerprint density at radius 1 is 1.29 bits per heavy atom. The lowest BCUT2D eigenvalue weighted by molar-refractivity contribution is -0.119. The molecule has 6 nitrogen and oxygen atoms in total. The number of rotatable bonds is 6. The van der Waals surface area contributed by atoms with Crippen molar-refractivity contribution < 1.29 is 4.79 Å². The van der Waals surface area contributed by atoms with Crippen LogP contribution in [0.2, 0.25) is 0 Å². The Morgan fingerprint density at radius 3 is 2.76 bits per heavy atom. The minimum Gasteiger partial charge on any atom is -0.361 e. The highest BCUT2D eigenvalue weighted by atomic mass is 16.2. The van der Waals surface area contributed by atoms with E-state index in [4.69, 9.17) is 0 Å².